The summed E-state index contributed by atoms with van der Waals surface area (Å²) < 4.78 is 2.31. The molecular formula is C21H24N4. The van der Waals surface area contributed by atoms with Gasteiger partial charge >= 0.3 is 0 Å². The first kappa shape index (κ1) is 15.9. The number of nitrogens with one attached hydrogen (secondary N) is 1. The van der Waals surface area contributed by atoms with E-state index in [0.29, 0.717) is 0 Å². The number of para-hydroxylation sites is 1. The lowest BCUT2D eigenvalue weighted by Gasteiger charge is -2.18. The minimum atomic E-state index is 0.988. The fourth-order valence-electron chi connectivity index (χ4n) is 3.43. The molecule has 0 aliphatic carbocycles. The van der Waals surface area contributed by atoms with Crippen molar-refractivity contribution in [2.24, 2.45) is 5.10 Å². The second-order valence-electron chi connectivity index (χ2n) is 6.77. The van der Waals surface area contributed by atoms with Crippen molar-refractivity contribution in [1.82, 2.24) is 9.55 Å². The summed E-state index contributed by atoms with van der Waals surface area (Å²) in [5, 5.41) is 5.90. The molecule has 1 aromatic heterocycles. The standard InChI is InChI=1S/C21H24N4/c1-16-11-13-17(14-12-16)23-24-21-18-8-5-6-9-19(18)22-20-10-4-2-3-7-15-25(20)21/h5-6,8-9,11-14,23H,2-4,7,10,15H2,1H3/b24-21+. The summed E-state index contributed by atoms with van der Waals surface area (Å²) in [5.74, 6) is 1.16. The van der Waals surface area contributed by atoms with E-state index in [1.807, 2.05) is 6.07 Å². The first-order valence-electron chi connectivity index (χ1n) is 9.16. The van der Waals surface area contributed by atoms with Crippen LogP contribution in [0.4, 0.5) is 5.69 Å². The van der Waals surface area contributed by atoms with Crippen LogP contribution in [-0.2, 0) is 13.0 Å². The average molecular weight is 332 g/mol. The molecule has 25 heavy (non-hydrogen) atoms. The Labute approximate surface area is 148 Å². The third kappa shape index (κ3) is 3.43. The molecule has 1 aliphatic heterocycles. The molecule has 0 radical (unpaired) electrons. The molecule has 1 N–H and O–H groups in total. The van der Waals surface area contributed by atoms with Gasteiger partial charge in [-0.25, -0.2) is 4.98 Å². The quantitative estimate of drug-likeness (QED) is 0.707. The van der Waals surface area contributed by atoms with E-state index >= 15 is 0 Å². The number of hydrogen-bond donors (Lipinski definition) is 1. The lowest BCUT2D eigenvalue weighted by Crippen LogP contribution is -2.28. The Morgan fingerprint density at radius 3 is 2.64 bits per heavy atom. The number of nitrogens with zero attached hydrogens (tertiary/aromatic N) is 3. The van der Waals surface area contributed by atoms with E-state index in [2.05, 4.69) is 59.4 Å². The molecule has 0 amide bonds. The van der Waals surface area contributed by atoms with Crippen LogP contribution in [-0.4, -0.2) is 9.55 Å². The number of fused-ring (bicyclic) bond motifs is 2. The number of anilines is 1. The van der Waals surface area contributed by atoms with Crippen molar-refractivity contribution in [3.63, 3.8) is 0 Å². The number of benzene rings is 2. The minimum Gasteiger partial charge on any atom is -0.313 e. The summed E-state index contributed by atoms with van der Waals surface area (Å²) in [4.78, 5) is 4.92. The molecule has 4 heteroatoms. The molecule has 0 bridgehead atoms. The molecule has 0 saturated carbocycles. The van der Waals surface area contributed by atoms with Gasteiger partial charge in [0, 0.05) is 18.4 Å². The van der Waals surface area contributed by atoms with Gasteiger partial charge in [-0.3, -0.25) is 5.43 Å². The van der Waals surface area contributed by atoms with Crippen LogP contribution in [0.25, 0.3) is 10.9 Å². The van der Waals surface area contributed by atoms with E-state index in [9.17, 15) is 0 Å². The van der Waals surface area contributed by atoms with Crippen LogP contribution in [0.3, 0.4) is 0 Å². The summed E-state index contributed by atoms with van der Waals surface area (Å²) >= 11 is 0. The molecule has 128 valence electrons. The normalized spacial score (nSPS) is 15.5. The Hall–Kier alpha value is -2.62. The Balaban J connectivity index is 1.85. The van der Waals surface area contributed by atoms with Crippen LogP contribution in [0.15, 0.2) is 53.6 Å². The van der Waals surface area contributed by atoms with Gasteiger partial charge in [-0.2, -0.15) is 5.10 Å². The monoisotopic (exact) mass is 332 g/mol. The largest absolute Gasteiger partial charge is 0.313 e. The van der Waals surface area contributed by atoms with E-state index in [1.165, 1.54) is 31.2 Å². The average Bonchev–Trinajstić information content (AvgIpc) is 2.62. The molecule has 0 saturated heterocycles. The van der Waals surface area contributed by atoms with Crippen molar-refractivity contribution in [3.8, 4) is 0 Å². The van der Waals surface area contributed by atoms with E-state index in [4.69, 9.17) is 10.1 Å². The smallest absolute Gasteiger partial charge is 0.163 e. The molecule has 1 aliphatic rings. The maximum Gasteiger partial charge on any atom is 0.163 e. The van der Waals surface area contributed by atoms with E-state index in [0.717, 1.165) is 40.9 Å². The number of hydrogen-bond acceptors (Lipinski definition) is 3. The zero-order chi connectivity index (χ0) is 17.1. The summed E-state index contributed by atoms with van der Waals surface area (Å²) in [7, 11) is 0. The van der Waals surface area contributed by atoms with Gasteiger partial charge in [0.15, 0.2) is 5.49 Å². The Bertz CT molecular complexity index is 938. The van der Waals surface area contributed by atoms with Crippen molar-refractivity contribution in [1.29, 1.82) is 0 Å². The zero-order valence-electron chi connectivity index (χ0n) is 14.7. The number of aryl methyl sites for hydroxylation is 2. The molecule has 0 unspecified atom stereocenters. The highest BCUT2D eigenvalue weighted by Crippen LogP contribution is 2.15. The number of rotatable bonds is 2. The minimum absolute atomic E-state index is 0.988. The molecule has 0 atom stereocenters. The van der Waals surface area contributed by atoms with E-state index in [-0.39, 0.29) is 0 Å². The van der Waals surface area contributed by atoms with Gasteiger partial charge in [-0.05, 0) is 44.0 Å². The van der Waals surface area contributed by atoms with Gasteiger partial charge in [0.2, 0.25) is 0 Å². The van der Waals surface area contributed by atoms with Crippen LogP contribution in [0.5, 0.6) is 0 Å². The van der Waals surface area contributed by atoms with Crippen molar-refractivity contribution < 1.29 is 0 Å². The highest BCUT2D eigenvalue weighted by atomic mass is 15.3. The molecule has 3 aromatic rings. The molecule has 2 heterocycles. The first-order valence-corrected chi connectivity index (χ1v) is 9.16. The van der Waals surface area contributed by atoms with Gasteiger partial charge in [-0.1, -0.05) is 42.7 Å². The Morgan fingerprint density at radius 2 is 1.76 bits per heavy atom. The zero-order valence-corrected chi connectivity index (χ0v) is 14.7. The maximum atomic E-state index is 4.92. The van der Waals surface area contributed by atoms with Crippen molar-refractivity contribution in [2.45, 2.75) is 45.6 Å². The topological polar surface area (TPSA) is 42.2 Å². The Morgan fingerprint density at radius 1 is 0.960 bits per heavy atom. The van der Waals surface area contributed by atoms with E-state index in [1.54, 1.807) is 0 Å². The summed E-state index contributed by atoms with van der Waals surface area (Å²) in [6.07, 6.45) is 5.99. The van der Waals surface area contributed by atoms with Crippen molar-refractivity contribution in [3.05, 3.63) is 65.4 Å². The van der Waals surface area contributed by atoms with E-state index < -0.39 is 0 Å². The van der Waals surface area contributed by atoms with Gasteiger partial charge in [0.25, 0.3) is 0 Å². The van der Waals surface area contributed by atoms with Crippen LogP contribution in [0.1, 0.15) is 37.1 Å². The third-order valence-electron chi connectivity index (χ3n) is 4.84. The predicted octanol–water partition coefficient (Wildman–Crippen LogP) is 4.39. The van der Waals surface area contributed by atoms with Crippen LogP contribution in [0, 0.1) is 6.92 Å². The van der Waals surface area contributed by atoms with Crippen LogP contribution >= 0.6 is 0 Å². The van der Waals surface area contributed by atoms with Crippen molar-refractivity contribution >= 4 is 16.6 Å². The number of aromatic nitrogens is 2. The maximum absolute atomic E-state index is 4.92. The SMILES string of the molecule is Cc1ccc(N/N=c2\c3ccccc3nc3n2CCCCCC3)cc1. The third-order valence-corrected chi connectivity index (χ3v) is 4.84. The second-order valence-corrected chi connectivity index (χ2v) is 6.77. The molecule has 4 nitrogen and oxygen atoms in total. The fourth-order valence-corrected chi connectivity index (χ4v) is 3.43. The molecule has 0 fully saturated rings. The predicted molar refractivity (Wildman–Crippen MR) is 102 cm³/mol. The molecule has 4 rings (SSSR count). The highest BCUT2D eigenvalue weighted by molar-refractivity contribution is 5.77. The van der Waals surface area contributed by atoms with Gasteiger partial charge in [-0.15, -0.1) is 0 Å². The highest BCUT2D eigenvalue weighted by Gasteiger charge is 2.11. The van der Waals surface area contributed by atoms with Gasteiger partial charge in [0.1, 0.15) is 5.82 Å². The Kier molecular flexibility index (Phi) is 4.51. The second kappa shape index (κ2) is 7.09. The molecule has 0 spiro atoms. The summed E-state index contributed by atoms with van der Waals surface area (Å²) in [6, 6.07) is 16.6. The van der Waals surface area contributed by atoms with Crippen molar-refractivity contribution in [2.75, 3.05) is 5.43 Å². The molecular weight excluding hydrogens is 308 g/mol. The summed E-state index contributed by atoms with van der Waals surface area (Å²) in [5.41, 5.74) is 7.51. The lowest BCUT2D eigenvalue weighted by molar-refractivity contribution is 0.495. The molecule has 2 aromatic carbocycles. The van der Waals surface area contributed by atoms with Crippen LogP contribution < -0.4 is 10.9 Å². The first-order chi connectivity index (χ1) is 12.3. The summed E-state index contributed by atoms with van der Waals surface area (Å²) in [6.45, 7) is 3.08. The fraction of sp³-hybridized carbons (Fsp3) is 0.333. The lowest BCUT2D eigenvalue weighted by atomic mass is 10.1. The van der Waals surface area contributed by atoms with Gasteiger partial charge < -0.3 is 4.57 Å². The van der Waals surface area contributed by atoms with Gasteiger partial charge in [0.05, 0.1) is 11.2 Å². The van der Waals surface area contributed by atoms with Crippen LogP contribution in [0.2, 0.25) is 0 Å².